The van der Waals surface area contributed by atoms with Gasteiger partial charge in [-0.2, -0.15) is 0 Å². The lowest BCUT2D eigenvalue weighted by Gasteiger charge is -2.24. The number of nitrogens with zero attached hydrogens (tertiary/aromatic N) is 3. The molecule has 1 atom stereocenters. The van der Waals surface area contributed by atoms with Gasteiger partial charge in [0.05, 0.1) is 5.52 Å². The average Bonchev–Trinajstić information content (AvgIpc) is 3.25. The van der Waals surface area contributed by atoms with Crippen molar-refractivity contribution in [2.75, 3.05) is 26.9 Å². The van der Waals surface area contributed by atoms with Crippen LogP contribution in [0.2, 0.25) is 0 Å². The highest BCUT2D eigenvalue weighted by Crippen LogP contribution is 2.34. The molecule has 0 aliphatic heterocycles. The molecule has 0 radical (unpaired) electrons. The number of hydrogen-bond acceptors (Lipinski definition) is 5. The third-order valence-electron chi connectivity index (χ3n) is 4.36. The second-order valence-electron chi connectivity index (χ2n) is 6.55. The number of hydrogen-bond donors (Lipinski definition) is 1. The summed E-state index contributed by atoms with van der Waals surface area (Å²) in [7, 11) is 0.479. The molecule has 1 N–H and O–H groups in total. The van der Waals surface area contributed by atoms with Crippen LogP contribution in [0.1, 0.15) is 23.3 Å². The van der Waals surface area contributed by atoms with E-state index in [2.05, 4.69) is 15.2 Å². The molecule has 0 aromatic carbocycles. The number of carbonyl (C=O) groups is 1. The summed E-state index contributed by atoms with van der Waals surface area (Å²) in [6.07, 6.45) is 5.06. The van der Waals surface area contributed by atoms with Crippen LogP contribution in [-0.2, 0) is 9.84 Å². The minimum absolute atomic E-state index is 0.116. The highest BCUT2D eigenvalue weighted by atomic mass is 32.2. The van der Waals surface area contributed by atoms with Gasteiger partial charge in [0.15, 0.2) is 5.69 Å². The number of rotatable bonds is 6. The van der Waals surface area contributed by atoms with Gasteiger partial charge < -0.3 is 10.2 Å². The summed E-state index contributed by atoms with van der Waals surface area (Å²) < 4.78 is 25.3. The number of likely N-dealkylation sites (N-methyl/N-ethyl adjacent to an activating group) is 1. The lowest BCUT2D eigenvalue weighted by molar-refractivity contribution is 0.0935. The molecule has 0 saturated heterocycles. The number of fused-ring (bicyclic) bond motifs is 1. The molecule has 1 fully saturated rings. The first-order chi connectivity index (χ1) is 11.3. The van der Waals surface area contributed by atoms with Gasteiger partial charge in [0, 0.05) is 25.0 Å². The van der Waals surface area contributed by atoms with Crippen molar-refractivity contribution in [3.8, 4) is 0 Å². The fourth-order valence-electron chi connectivity index (χ4n) is 2.97. The molecule has 1 unspecified atom stereocenters. The van der Waals surface area contributed by atoms with Crippen LogP contribution in [0.4, 0.5) is 0 Å². The minimum atomic E-state index is -3.53. The highest BCUT2D eigenvalue weighted by Gasteiger charge is 2.33. The zero-order valence-electron chi connectivity index (χ0n) is 14.1. The van der Waals surface area contributed by atoms with Gasteiger partial charge in [-0.05, 0) is 45.0 Å². The number of pyridine rings is 1. The quantitative estimate of drug-likeness (QED) is 0.833. The van der Waals surface area contributed by atoms with Crippen LogP contribution in [-0.4, -0.2) is 61.5 Å². The van der Waals surface area contributed by atoms with Crippen molar-refractivity contribution < 1.29 is 13.2 Å². The summed E-state index contributed by atoms with van der Waals surface area (Å²) in [6, 6.07) is 5.45. The van der Waals surface area contributed by atoms with Crippen LogP contribution in [0.15, 0.2) is 29.6 Å². The number of carbonyl (C=O) groups excluding carboxylic acids is 1. The Labute approximate surface area is 141 Å². The van der Waals surface area contributed by atoms with Crippen molar-refractivity contribution in [1.82, 2.24) is 19.6 Å². The maximum atomic E-state index is 12.6. The summed E-state index contributed by atoms with van der Waals surface area (Å²) in [6.45, 7) is 0.524. The van der Waals surface area contributed by atoms with E-state index in [1.807, 2.05) is 14.1 Å². The van der Waals surface area contributed by atoms with Crippen LogP contribution in [0.3, 0.4) is 0 Å². The smallest absolute Gasteiger partial charge is 0.272 e. The van der Waals surface area contributed by atoms with Gasteiger partial charge in [-0.15, -0.1) is 0 Å². The molecule has 2 aromatic heterocycles. The standard InChI is InChI=1S/C16H22N4O3S/c1-19(2)13(11-7-8-11)10-17-15(21)14-12-6-4-5-9-20(12)16(18-14)24(3,22)23/h4-6,9,11,13H,7-8,10H2,1-3H3,(H,17,21). The SMILES string of the molecule is CN(C)C(CNC(=O)c1nc(S(C)(=O)=O)n2ccccc12)C1CC1. The monoisotopic (exact) mass is 350 g/mol. The summed E-state index contributed by atoms with van der Waals surface area (Å²) in [5.74, 6) is 0.270. The molecule has 8 heteroatoms. The molecule has 0 bridgehead atoms. The molecule has 2 aromatic rings. The third-order valence-corrected chi connectivity index (χ3v) is 5.32. The minimum Gasteiger partial charge on any atom is -0.349 e. The predicted octanol–water partition coefficient (Wildman–Crippen LogP) is 0.808. The van der Waals surface area contributed by atoms with E-state index < -0.39 is 9.84 Å². The van der Waals surface area contributed by atoms with E-state index in [0.717, 1.165) is 6.26 Å². The topological polar surface area (TPSA) is 83.8 Å². The van der Waals surface area contributed by atoms with Crippen molar-refractivity contribution >= 4 is 21.3 Å². The normalized spacial score (nSPS) is 16.5. The number of imidazole rings is 1. The lowest BCUT2D eigenvalue weighted by atomic mass is 10.1. The van der Waals surface area contributed by atoms with Crippen LogP contribution in [0.25, 0.3) is 5.52 Å². The van der Waals surface area contributed by atoms with Crippen molar-refractivity contribution in [1.29, 1.82) is 0 Å². The van der Waals surface area contributed by atoms with Gasteiger partial charge in [-0.1, -0.05) is 6.07 Å². The van der Waals surface area contributed by atoms with Crippen LogP contribution < -0.4 is 5.32 Å². The largest absolute Gasteiger partial charge is 0.349 e. The Morgan fingerprint density at radius 2 is 2.12 bits per heavy atom. The first-order valence-corrected chi connectivity index (χ1v) is 9.80. The fraction of sp³-hybridized carbons (Fsp3) is 0.500. The van der Waals surface area contributed by atoms with E-state index in [9.17, 15) is 13.2 Å². The highest BCUT2D eigenvalue weighted by molar-refractivity contribution is 7.90. The Kier molecular flexibility index (Phi) is 4.35. The molecule has 7 nitrogen and oxygen atoms in total. The Morgan fingerprint density at radius 3 is 2.71 bits per heavy atom. The van der Waals surface area contributed by atoms with Crippen LogP contribution in [0.5, 0.6) is 0 Å². The molecule has 1 saturated carbocycles. The third kappa shape index (κ3) is 3.29. The van der Waals surface area contributed by atoms with Gasteiger partial charge >= 0.3 is 0 Å². The Morgan fingerprint density at radius 1 is 1.42 bits per heavy atom. The number of aromatic nitrogens is 2. The summed E-state index contributed by atoms with van der Waals surface area (Å²) in [5, 5.41) is 2.79. The molecule has 1 aliphatic rings. The van der Waals surface area contributed by atoms with E-state index >= 15 is 0 Å². The molecule has 130 valence electrons. The van der Waals surface area contributed by atoms with Gasteiger partial charge in [0.1, 0.15) is 0 Å². The van der Waals surface area contributed by atoms with E-state index in [0.29, 0.717) is 18.0 Å². The summed E-state index contributed by atoms with van der Waals surface area (Å²) >= 11 is 0. The molecule has 0 spiro atoms. The van der Waals surface area contributed by atoms with Gasteiger partial charge in [0.2, 0.25) is 15.0 Å². The molecule has 24 heavy (non-hydrogen) atoms. The van der Waals surface area contributed by atoms with Crippen LogP contribution >= 0.6 is 0 Å². The van der Waals surface area contributed by atoms with E-state index in [1.54, 1.807) is 24.4 Å². The van der Waals surface area contributed by atoms with E-state index in [1.165, 1.54) is 17.2 Å². The molecule has 2 heterocycles. The van der Waals surface area contributed by atoms with Crippen molar-refractivity contribution in [2.24, 2.45) is 5.92 Å². The van der Waals surface area contributed by atoms with Crippen molar-refractivity contribution in [3.63, 3.8) is 0 Å². The second-order valence-corrected chi connectivity index (χ2v) is 8.46. The summed E-state index contributed by atoms with van der Waals surface area (Å²) in [5.41, 5.74) is 0.632. The number of amides is 1. The van der Waals surface area contributed by atoms with Crippen LogP contribution in [0, 0.1) is 5.92 Å². The number of nitrogens with one attached hydrogen (secondary N) is 1. The molecule has 1 amide bonds. The van der Waals surface area contributed by atoms with Gasteiger partial charge in [0.25, 0.3) is 5.91 Å². The van der Waals surface area contributed by atoms with Crippen molar-refractivity contribution in [2.45, 2.75) is 24.0 Å². The van der Waals surface area contributed by atoms with E-state index in [-0.39, 0.29) is 22.8 Å². The lowest BCUT2D eigenvalue weighted by Crippen LogP contribution is -2.41. The Balaban J connectivity index is 1.87. The Bertz CT molecular complexity index is 867. The first-order valence-electron chi connectivity index (χ1n) is 7.91. The molecular formula is C16H22N4O3S. The maximum absolute atomic E-state index is 12.6. The Hall–Kier alpha value is -1.93. The zero-order valence-corrected chi connectivity index (χ0v) is 14.9. The molecular weight excluding hydrogens is 328 g/mol. The fourth-order valence-corrected chi connectivity index (χ4v) is 3.74. The second kappa shape index (κ2) is 6.18. The maximum Gasteiger partial charge on any atom is 0.272 e. The number of sulfone groups is 1. The summed E-state index contributed by atoms with van der Waals surface area (Å²) in [4.78, 5) is 18.8. The predicted molar refractivity (Wildman–Crippen MR) is 90.8 cm³/mol. The molecule has 1 aliphatic carbocycles. The first kappa shape index (κ1) is 16.9. The molecule has 3 rings (SSSR count). The van der Waals surface area contributed by atoms with Gasteiger partial charge in [-0.3, -0.25) is 9.20 Å². The zero-order chi connectivity index (χ0) is 17.5. The van der Waals surface area contributed by atoms with Crippen molar-refractivity contribution in [3.05, 3.63) is 30.1 Å². The average molecular weight is 350 g/mol. The van der Waals surface area contributed by atoms with Gasteiger partial charge in [-0.25, -0.2) is 13.4 Å². The van der Waals surface area contributed by atoms with E-state index in [4.69, 9.17) is 0 Å².